The van der Waals surface area contributed by atoms with Crippen molar-refractivity contribution < 1.29 is 4.79 Å². The second-order valence-electron chi connectivity index (χ2n) is 8.01. The highest BCUT2D eigenvalue weighted by Crippen LogP contribution is 2.20. The molecule has 0 atom stereocenters. The third-order valence-corrected chi connectivity index (χ3v) is 6.68. The van der Waals surface area contributed by atoms with Gasteiger partial charge in [-0.05, 0) is 32.1 Å². The van der Waals surface area contributed by atoms with Crippen LogP contribution in [0.5, 0.6) is 0 Å². The molecule has 0 aromatic carbocycles. The van der Waals surface area contributed by atoms with E-state index in [1.165, 1.54) is 57.8 Å². The van der Waals surface area contributed by atoms with Crippen LogP contribution in [0.2, 0.25) is 0 Å². The number of nitrogens with one attached hydrogen (secondary N) is 1. The van der Waals surface area contributed by atoms with E-state index < -0.39 is 0 Å². The van der Waals surface area contributed by atoms with Crippen LogP contribution in [-0.2, 0) is 17.8 Å². The SMILES string of the molecule is CCCn1c(CC(=O)NC2CCCCCC2)csc1=NC1CCCCC1.Cl. The van der Waals surface area contributed by atoms with Gasteiger partial charge in [-0.3, -0.25) is 9.79 Å². The van der Waals surface area contributed by atoms with Crippen LogP contribution in [0.1, 0.15) is 89.7 Å². The number of carbonyl (C=O) groups excluding carboxylic acids is 1. The summed E-state index contributed by atoms with van der Waals surface area (Å²) in [5.41, 5.74) is 1.14. The molecule has 4 nitrogen and oxygen atoms in total. The molecule has 2 aliphatic rings. The first-order chi connectivity index (χ1) is 12.8. The zero-order valence-electron chi connectivity index (χ0n) is 16.8. The molecule has 1 heterocycles. The van der Waals surface area contributed by atoms with E-state index in [1.807, 2.05) is 0 Å². The minimum absolute atomic E-state index is 0. The Labute approximate surface area is 174 Å². The molecule has 0 saturated heterocycles. The summed E-state index contributed by atoms with van der Waals surface area (Å²) in [5.74, 6) is 0.184. The van der Waals surface area contributed by atoms with Crippen LogP contribution in [0.3, 0.4) is 0 Å². The van der Waals surface area contributed by atoms with Gasteiger partial charge < -0.3 is 9.88 Å². The number of aromatic nitrogens is 1. The molecule has 27 heavy (non-hydrogen) atoms. The maximum atomic E-state index is 12.6. The van der Waals surface area contributed by atoms with Crippen molar-refractivity contribution in [2.45, 2.75) is 109 Å². The Kier molecular flexibility index (Phi) is 9.91. The summed E-state index contributed by atoms with van der Waals surface area (Å²) < 4.78 is 2.30. The first-order valence-electron chi connectivity index (χ1n) is 10.8. The Bertz CT molecular complexity index is 626. The maximum absolute atomic E-state index is 12.6. The smallest absolute Gasteiger partial charge is 0.226 e. The van der Waals surface area contributed by atoms with E-state index in [4.69, 9.17) is 4.99 Å². The predicted octanol–water partition coefficient (Wildman–Crippen LogP) is 5.00. The highest BCUT2D eigenvalue weighted by atomic mass is 35.5. The first-order valence-corrected chi connectivity index (χ1v) is 11.6. The lowest BCUT2D eigenvalue weighted by Crippen LogP contribution is -2.36. The van der Waals surface area contributed by atoms with Gasteiger partial charge in [0.05, 0.1) is 12.5 Å². The number of hydrogen-bond donors (Lipinski definition) is 1. The van der Waals surface area contributed by atoms with Gasteiger partial charge in [0.25, 0.3) is 0 Å². The van der Waals surface area contributed by atoms with Crippen LogP contribution in [0.4, 0.5) is 0 Å². The van der Waals surface area contributed by atoms with Gasteiger partial charge in [-0.25, -0.2) is 0 Å². The van der Waals surface area contributed by atoms with Crippen molar-refractivity contribution in [1.82, 2.24) is 9.88 Å². The summed E-state index contributed by atoms with van der Waals surface area (Å²) >= 11 is 1.72. The monoisotopic (exact) mass is 413 g/mol. The lowest BCUT2D eigenvalue weighted by Gasteiger charge is -2.18. The van der Waals surface area contributed by atoms with Crippen molar-refractivity contribution in [3.8, 4) is 0 Å². The van der Waals surface area contributed by atoms with Gasteiger partial charge in [0.1, 0.15) is 0 Å². The van der Waals surface area contributed by atoms with Gasteiger partial charge in [0, 0.05) is 23.7 Å². The third-order valence-electron chi connectivity index (χ3n) is 5.75. The predicted molar refractivity (Wildman–Crippen MR) is 116 cm³/mol. The number of halogens is 1. The van der Waals surface area contributed by atoms with Gasteiger partial charge in [-0.2, -0.15) is 0 Å². The van der Waals surface area contributed by atoms with Crippen molar-refractivity contribution in [3.05, 3.63) is 15.9 Å². The summed E-state index contributed by atoms with van der Waals surface area (Å²) in [7, 11) is 0. The molecule has 0 radical (unpaired) electrons. The van der Waals surface area contributed by atoms with Gasteiger partial charge in [-0.1, -0.05) is 51.9 Å². The highest BCUT2D eigenvalue weighted by molar-refractivity contribution is 7.07. The molecule has 2 aliphatic carbocycles. The largest absolute Gasteiger partial charge is 0.353 e. The van der Waals surface area contributed by atoms with E-state index >= 15 is 0 Å². The van der Waals surface area contributed by atoms with Crippen molar-refractivity contribution >= 4 is 29.7 Å². The van der Waals surface area contributed by atoms with Crippen molar-refractivity contribution in [2.75, 3.05) is 0 Å². The molecule has 0 unspecified atom stereocenters. The van der Waals surface area contributed by atoms with Crippen LogP contribution < -0.4 is 10.1 Å². The molecule has 1 N–H and O–H groups in total. The average Bonchev–Trinajstić information content (AvgIpc) is 2.85. The number of rotatable bonds is 6. The normalized spacial score (nSPS) is 20.1. The molecule has 1 amide bonds. The Hall–Kier alpha value is -0.810. The van der Waals surface area contributed by atoms with Crippen LogP contribution in [0, 0.1) is 0 Å². The number of hydrogen-bond acceptors (Lipinski definition) is 3. The molecule has 1 aromatic heterocycles. The molecule has 0 aliphatic heterocycles. The fraction of sp³-hybridized carbons (Fsp3) is 0.810. The highest BCUT2D eigenvalue weighted by Gasteiger charge is 2.17. The molecule has 3 rings (SSSR count). The number of carbonyl (C=O) groups is 1. The Balaban J connectivity index is 0.00000261. The summed E-state index contributed by atoms with van der Waals surface area (Å²) in [5, 5.41) is 5.45. The quantitative estimate of drug-likeness (QED) is 0.655. The van der Waals surface area contributed by atoms with Gasteiger partial charge in [-0.15, -0.1) is 23.7 Å². The summed E-state index contributed by atoms with van der Waals surface area (Å²) in [6, 6.07) is 0.868. The number of thiazole rings is 1. The van der Waals surface area contributed by atoms with E-state index in [-0.39, 0.29) is 18.3 Å². The van der Waals surface area contributed by atoms with Crippen LogP contribution in [0.25, 0.3) is 0 Å². The third kappa shape index (κ3) is 6.94. The molecule has 2 fully saturated rings. The van der Waals surface area contributed by atoms with E-state index in [0.29, 0.717) is 18.5 Å². The van der Waals surface area contributed by atoms with Gasteiger partial charge in [0.2, 0.25) is 5.91 Å². The molecule has 6 heteroatoms. The summed E-state index contributed by atoms with van der Waals surface area (Å²) in [6.45, 7) is 3.16. The average molecular weight is 414 g/mol. The van der Waals surface area contributed by atoms with Crippen LogP contribution in [0.15, 0.2) is 10.4 Å². The first kappa shape index (κ1) is 22.5. The number of nitrogens with zero attached hydrogens (tertiary/aromatic N) is 2. The lowest BCUT2D eigenvalue weighted by atomic mass is 9.96. The fourth-order valence-electron chi connectivity index (χ4n) is 4.30. The Morgan fingerprint density at radius 2 is 1.74 bits per heavy atom. The van der Waals surface area contributed by atoms with Crippen molar-refractivity contribution in [3.63, 3.8) is 0 Å². The van der Waals surface area contributed by atoms with Gasteiger partial charge in [0.15, 0.2) is 4.80 Å². The molecule has 0 spiro atoms. The van der Waals surface area contributed by atoms with E-state index in [1.54, 1.807) is 11.3 Å². The molecule has 0 bridgehead atoms. The molecule has 154 valence electrons. The second kappa shape index (κ2) is 11.9. The topological polar surface area (TPSA) is 46.4 Å². The summed E-state index contributed by atoms with van der Waals surface area (Å²) in [4.78, 5) is 18.8. The van der Waals surface area contributed by atoms with Crippen molar-refractivity contribution in [1.29, 1.82) is 0 Å². The van der Waals surface area contributed by atoms with Crippen LogP contribution in [-0.4, -0.2) is 22.6 Å². The second-order valence-corrected chi connectivity index (χ2v) is 8.85. The zero-order chi connectivity index (χ0) is 18.2. The lowest BCUT2D eigenvalue weighted by molar-refractivity contribution is -0.121. The van der Waals surface area contributed by atoms with E-state index in [2.05, 4.69) is 22.2 Å². The van der Waals surface area contributed by atoms with Gasteiger partial charge >= 0.3 is 0 Å². The Morgan fingerprint density at radius 1 is 1.11 bits per heavy atom. The molecule has 2 saturated carbocycles. The fourth-order valence-corrected chi connectivity index (χ4v) is 5.30. The van der Waals surface area contributed by atoms with E-state index in [0.717, 1.165) is 36.3 Å². The Morgan fingerprint density at radius 3 is 2.41 bits per heavy atom. The molecule has 1 aromatic rings. The standard InChI is InChI=1S/C21H35N3OS.ClH/c1-2-14-24-19(15-20(25)22-17-10-6-3-4-7-11-17)16-26-21(24)23-18-12-8-5-9-13-18;/h16-18H,2-15H2,1H3,(H,22,25);1H. The van der Waals surface area contributed by atoms with E-state index in [9.17, 15) is 4.79 Å². The minimum atomic E-state index is 0. The van der Waals surface area contributed by atoms with Crippen molar-refractivity contribution in [2.24, 2.45) is 4.99 Å². The number of amides is 1. The molecular weight excluding hydrogens is 378 g/mol. The summed E-state index contributed by atoms with van der Waals surface area (Å²) in [6.07, 6.45) is 15.4. The maximum Gasteiger partial charge on any atom is 0.226 e. The zero-order valence-corrected chi connectivity index (χ0v) is 18.4. The van der Waals surface area contributed by atoms with Crippen LogP contribution >= 0.6 is 23.7 Å². The minimum Gasteiger partial charge on any atom is -0.353 e. The molecular formula is C21H36ClN3OS.